The van der Waals surface area contributed by atoms with Gasteiger partial charge in [0.2, 0.25) is 5.91 Å². The van der Waals surface area contributed by atoms with Gasteiger partial charge in [0.05, 0.1) is 31.8 Å². The summed E-state index contributed by atoms with van der Waals surface area (Å²) in [5.74, 6) is -0.152. The number of piperidine rings is 1. The molecule has 0 spiro atoms. The van der Waals surface area contributed by atoms with Crippen LogP contribution in [0.4, 0.5) is 13.2 Å². The molecule has 0 bridgehead atoms. The zero-order chi connectivity index (χ0) is 16.9. The van der Waals surface area contributed by atoms with Gasteiger partial charge in [0.25, 0.3) is 0 Å². The molecule has 1 aromatic heterocycles. The Balaban J connectivity index is 1.83. The predicted octanol–water partition coefficient (Wildman–Crippen LogP) is 2.54. The average molecular weight is 333 g/mol. The predicted molar refractivity (Wildman–Crippen MR) is 77.8 cm³/mol. The summed E-state index contributed by atoms with van der Waals surface area (Å²) in [4.78, 5) is 14.0. The van der Waals surface area contributed by atoms with Gasteiger partial charge in [-0.25, -0.2) is 0 Å². The van der Waals surface area contributed by atoms with Crippen molar-refractivity contribution in [1.29, 1.82) is 0 Å². The van der Waals surface area contributed by atoms with Crippen LogP contribution in [0, 0.1) is 6.92 Å². The molecule has 1 fully saturated rings. The lowest BCUT2D eigenvalue weighted by Gasteiger charge is -2.35. The Kier molecular flexibility index (Phi) is 6.04. The number of alkyl halides is 3. The molecule has 1 unspecified atom stereocenters. The quantitative estimate of drug-likeness (QED) is 0.752. The van der Waals surface area contributed by atoms with Gasteiger partial charge in [-0.1, -0.05) is 0 Å². The minimum absolute atomic E-state index is 0.0231. The monoisotopic (exact) mass is 333 g/mol. The van der Waals surface area contributed by atoms with Crippen LogP contribution < -0.4 is 0 Å². The number of carbonyl (C=O) groups is 1. The van der Waals surface area contributed by atoms with E-state index in [-0.39, 0.29) is 25.0 Å². The molecule has 23 heavy (non-hydrogen) atoms. The molecule has 0 radical (unpaired) electrons. The van der Waals surface area contributed by atoms with Crippen molar-refractivity contribution in [1.82, 2.24) is 14.7 Å². The molecule has 2 rings (SSSR count). The Morgan fingerprint density at radius 1 is 1.43 bits per heavy atom. The summed E-state index contributed by atoms with van der Waals surface area (Å²) in [5, 5.41) is 4.24. The van der Waals surface area contributed by atoms with E-state index in [2.05, 4.69) is 9.84 Å². The molecule has 8 heteroatoms. The highest BCUT2D eigenvalue weighted by atomic mass is 19.4. The van der Waals surface area contributed by atoms with Crippen molar-refractivity contribution >= 4 is 5.91 Å². The molecule has 0 N–H and O–H groups in total. The maximum atomic E-state index is 12.3. The van der Waals surface area contributed by atoms with E-state index < -0.39 is 12.8 Å². The lowest BCUT2D eigenvalue weighted by molar-refractivity contribution is -0.175. The fourth-order valence-corrected chi connectivity index (χ4v) is 2.79. The summed E-state index contributed by atoms with van der Waals surface area (Å²) in [5.41, 5.74) is 1.05. The number of hydrogen-bond donors (Lipinski definition) is 0. The van der Waals surface area contributed by atoms with Gasteiger partial charge in [0.15, 0.2) is 0 Å². The zero-order valence-corrected chi connectivity index (χ0v) is 13.2. The average Bonchev–Trinajstić information content (AvgIpc) is 2.88. The summed E-state index contributed by atoms with van der Waals surface area (Å²) in [7, 11) is 0. The summed E-state index contributed by atoms with van der Waals surface area (Å²) in [6.45, 7) is 1.69. The second-order valence-corrected chi connectivity index (χ2v) is 5.89. The largest absolute Gasteiger partial charge is 0.411 e. The number of rotatable bonds is 6. The second-order valence-electron chi connectivity index (χ2n) is 5.89. The smallest absolute Gasteiger partial charge is 0.372 e. The number of carbonyl (C=O) groups excluding carboxylic acids is 1. The van der Waals surface area contributed by atoms with Crippen LogP contribution in [0.1, 0.15) is 31.2 Å². The highest BCUT2D eigenvalue weighted by Gasteiger charge is 2.29. The van der Waals surface area contributed by atoms with Crippen molar-refractivity contribution in [2.24, 2.45) is 0 Å². The van der Waals surface area contributed by atoms with E-state index in [4.69, 9.17) is 0 Å². The molecule has 2 heterocycles. The van der Waals surface area contributed by atoms with Gasteiger partial charge < -0.3 is 9.64 Å². The summed E-state index contributed by atoms with van der Waals surface area (Å²) >= 11 is 0. The topological polar surface area (TPSA) is 47.4 Å². The number of amides is 1. The van der Waals surface area contributed by atoms with Crippen LogP contribution in [0.3, 0.4) is 0 Å². The van der Waals surface area contributed by atoms with Crippen LogP contribution in [0.25, 0.3) is 0 Å². The van der Waals surface area contributed by atoms with Gasteiger partial charge in [-0.3, -0.25) is 9.48 Å². The van der Waals surface area contributed by atoms with Gasteiger partial charge in [0, 0.05) is 12.7 Å². The van der Waals surface area contributed by atoms with Gasteiger partial charge in [-0.15, -0.1) is 0 Å². The molecule has 0 saturated carbocycles. The highest BCUT2D eigenvalue weighted by molar-refractivity contribution is 5.76. The van der Waals surface area contributed by atoms with Gasteiger partial charge in [0.1, 0.15) is 6.61 Å². The van der Waals surface area contributed by atoms with E-state index in [9.17, 15) is 18.0 Å². The molecule has 1 atom stereocenters. The van der Waals surface area contributed by atoms with Crippen molar-refractivity contribution in [3.8, 4) is 0 Å². The number of aromatic nitrogens is 2. The van der Waals surface area contributed by atoms with Crippen molar-refractivity contribution in [3.05, 3.63) is 18.0 Å². The number of ether oxygens (including phenoxy) is 1. The normalized spacial score (nSPS) is 19.1. The van der Waals surface area contributed by atoms with E-state index >= 15 is 0 Å². The third kappa shape index (κ3) is 5.85. The van der Waals surface area contributed by atoms with Crippen molar-refractivity contribution in [2.75, 3.05) is 19.8 Å². The third-order valence-electron chi connectivity index (χ3n) is 3.83. The molecule has 5 nitrogen and oxygen atoms in total. The minimum Gasteiger partial charge on any atom is -0.372 e. The fourth-order valence-electron chi connectivity index (χ4n) is 2.79. The van der Waals surface area contributed by atoms with Gasteiger partial charge in [-0.2, -0.15) is 18.3 Å². The van der Waals surface area contributed by atoms with Crippen LogP contribution >= 0.6 is 0 Å². The Hall–Kier alpha value is -1.57. The Labute approximate surface area is 133 Å². The van der Waals surface area contributed by atoms with Crippen LogP contribution in [-0.2, 0) is 16.1 Å². The molecule has 1 saturated heterocycles. The third-order valence-corrected chi connectivity index (χ3v) is 3.83. The van der Waals surface area contributed by atoms with Crippen molar-refractivity contribution in [2.45, 2.75) is 51.4 Å². The van der Waals surface area contributed by atoms with Crippen LogP contribution in [-0.4, -0.2) is 52.6 Å². The molecule has 1 amide bonds. The summed E-state index contributed by atoms with van der Waals surface area (Å²) in [6.07, 6.45) is 2.15. The first kappa shape index (κ1) is 17.8. The number of likely N-dealkylation sites (tertiary alicyclic amines) is 1. The first-order chi connectivity index (χ1) is 10.8. The molecule has 1 aromatic rings. The number of aryl methyl sites for hydroxylation is 1. The Bertz CT molecular complexity index is 516. The van der Waals surface area contributed by atoms with E-state index in [0.29, 0.717) is 13.1 Å². The Morgan fingerprint density at radius 2 is 2.22 bits per heavy atom. The minimum atomic E-state index is -4.35. The highest BCUT2D eigenvalue weighted by Crippen LogP contribution is 2.20. The van der Waals surface area contributed by atoms with E-state index in [1.165, 1.54) is 0 Å². The maximum absolute atomic E-state index is 12.3. The fraction of sp³-hybridized carbons (Fsp3) is 0.733. The second kappa shape index (κ2) is 7.81. The zero-order valence-electron chi connectivity index (χ0n) is 13.2. The Morgan fingerprint density at radius 3 is 2.87 bits per heavy atom. The maximum Gasteiger partial charge on any atom is 0.411 e. The lowest BCUT2D eigenvalue weighted by atomic mass is 10.0. The van der Waals surface area contributed by atoms with Crippen LogP contribution in [0.2, 0.25) is 0 Å². The lowest BCUT2D eigenvalue weighted by Crippen LogP contribution is -2.46. The molecular formula is C15H22F3N3O2. The molecule has 130 valence electrons. The first-order valence-corrected chi connectivity index (χ1v) is 7.78. The molecule has 0 aliphatic carbocycles. The van der Waals surface area contributed by atoms with Gasteiger partial charge in [-0.05, 0) is 31.7 Å². The number of hydrogen-bond acceptors (Lipinski definition) is 3. The van der Waals surface area contributed by atoms with Crippen LogP contribution in [0.5, 0.6) is 0 Å². The van der Waals surface area contributed by atoms with Crippen molar-refractivity contribution in [3.63, 3.8) is 0 Å². The van der Waals surface area contributed by atoms with E-state index in [1.807, 2.05) is 17.8 Å². The SMILES string of the molecule is Cc1cnn(CC2CCCCN2C(=O)CCOCC(F)(F)F)c1. The van der Waals surface area contributed by atoms with Crippen molar-refractivity contribution < 1.29 is 22.7 Å². The van der Waals surface area contributed by atoms with Crippen LogP contribution in [0.15, 0.2) is 12.4 Å². The molecule has 0 aromatic carbocycles. The standard InChI is InChI=1S/C15H22F3N3O2/c1-12-8-19-20(9-12)10-13-4-2-3-6-21(13)14(22)5-7-23-11-15(16,17)18/h8-9,13H,2-7,10-11H2,1H3. The number of nitrogens with zero attached hydrogens (tertiary/aromatic N) is 3. The molecule has 1 aliphatic rings. The first-order valence-electron chi connectivity index (χ1n) is 7.78. The molecule has 1 aliphatic heterocycles. The van der Waals surface area contributed by atoms with E-state index in [1.54, 1.807) is 11.1 Å². The number of halogens is 3. The van der Waals surface area contributed by atoms with Gasteiger partial charge >= 0.3 is 6.18 Å². The summed E-state index contributed by atoms with van der Waals surface area (Å²) < 4.78 is 42.4. The molecular weight excluding hydrogens is 311 g/mol. The summed E-state index contributed by atoms with van der Waals surface area (Å²) in [6, 6.07) is 0.0400. The van der Waals surface area contributed by atoms with E-state index in [0.717, 1.165) is 24.8 Å².